The molecule has 338 valence electrons. The third-order valence-electron chi connectivity index (χ3n) is 13.5. The summed E-state index contributed by atoms with van der Waals surface area (Å²) in [5, 5.41) is 0. The van der Waals surface area contributed by atoms with Gasteiger partial charge in [-0.1, -0.05) is 76.2 Å². The van der Waals surface area contributed by atoms with Gasteiger partial charge in [0.05, 0.1) is 70.2 Å². The van der Waals surface area contributed by atoms with Crippen LogP contribution in [0.25, 0.3) is 0 Å². The van der Waals surface area contributed by atoms with Gasteiger partial charge in [-0.25, -0.2) is 0 Å². The fraction of sp³-hybridized carbons (Fsp3) is 0.529. The number of nitrogens with zero attached hydrogens (tertiary/aromatic N) is 3. The van der Waals surface area contributed by atoms with Crippen LogP contribution in [0.3, 0.4) is 0 Å². The maximum atomic E-state index is 13.8. The molecule has 6 rings (SSSR count). The van der Waals surface area contributed by atoms with E-state index in [-0.39, 0.29) is 73.0 Å². The van der Waals surface area contributed by atoms with Crippen molar-refractivity contribution in [2.24, 2.45) is 23.7 Å². The minimum atomic E-state index is -0.535. The Morgan fingerprint density at radius 2 is 0.952 bits per heavy atom. The molecule has 0 unspecified atom stereocenters. The van der Waals surface area contributed by atoms with Crippen molar-refractivity contribution in [1.29, 1.82) is 0 Å². The van der Waals surface area contributed by atoms with E-state index < -0.39 is 35.9 Å². The summed E-state index contributed by atoms with van der Waals surface area (Å²) in [7, 11) is 4.30. The van der Waals surface area contributed by atoms with Crippen LogP contribution < -0.4 is 9.64 Å². The third kappa shape index (κ3) is 11.0. The number of methoxy groups -OCH3 is 3. The van der Waals surface area contributed by atoms with Gasteiger partial charge in [0, 0.05) is 31.6 Å². The zero-order valence-corrected chi connectivity index (χ0v) is 38.0. The van der Waals surface area contributed by atoms with Crippen molar-refractivity contribution in [1.82, 2.24) is 9.80 Å². The molecule has 3 aromatic carbocycles. The molecule has 63 heavy (non-hydrogen) atoms. The Labute approximate surface area is 372 Å². The molecule has 0 saturated carbocycles. The number of hydrogen-bond donors (Lipinski definition) is 0. The number of amides is 2. The van der Waals surface area contributed by atoms with E-state index in [0.29, 0.717) is 25.9 Å². The Hall–Kier alpha value is -5.52. The second kappa shape index (κ2) is 21.2. The van der Waals surface area contributed by atoms with Gasteiger partial charge in [-0.3, -0.25) is 28.8 Å². The van der Waals surface area contributed by atoms with Crippen LogP contribution >= 0.6 is 0 Å². The molecular formula is C51H65N3O9. The molecule has 0 N–H and O–H groups in total. The second-order valence-corrected chi connectivity index (χ2v) is 18.1. The maximum absolute atomic E-state index is 13.8. The van der Waals surface area contributed by atoms with Crippen molar-refractivity contribution in [3.63, 3.8) is 0 Å². The zero-order valence-electron chi connectivity index (χ0n) is 38.0. The van der Waals surface area contributed by atoms with E-state index >= 15 is 0 Å². The highest BCUT2D eigenvalue weighted by atomic mass is 16.5. The lowest BCUT2D eigenvalue weighted by Crippen LogP contribution is -2.45. The monoisotopic (exact) mass is 863 g/mol. The first-order valence-electron chi connectivity index (χ1n) is 22.6. The number of Topliss-reactive ketones (excluding diaryl/α,β-unsaturated/α-hetero) is 2. The fourth-order valence-corrected chi connectivity index (χ4v) is 9.83. The zero-order chi connectivity index (χ0) is 45.4. The maximum Gasteiger partial charge on any atom is 0.306 e. The average molecular weight is 864 g/mol. The number of rotatable bonds is 18. The largest absolute Gasteiger partial charge is 0.497 e. The Balaban J connectivity index is 1.14. The molecule has 2 amide bonds. The molecule has 3 aliphatic heterocycles. The molecule has 0 bridgehead atoms. The van der Waals surface area contributed by atoms with E-state index in [1.165, 1.54) is 14.2 Å². The van der Waals surface area contributed by atoms with Gasteiger partial charge in [-0.05, 0) is 96.9 Å². The molecule has 3 aromatic rings. The van der Waals surface area contributed by atoms with Crippen molar-refractivity contribution < 1.29 is 43.0 Å². The van der Waals surface area contributed by atoms with Crippen LogP contribution in [0.1, 0.15) is 113 Å². The highest BCUT2D eigenvalue weighted by molar-refractivity contribution is 5.93. The predicted molar refractivity (Wildman–Crippen MR) is 240 cm³/mol. The van der Waals surface area contributed by atoms with Gasteiger partial charge in [-0.15, -0.1) is 0 Å². The standard InChI is InChI=1S/C51H65N3O9/c1-32(2)40(30-48(57)62-6)50(59)52-26-8-10-44(52)46(55)28-34-12-16-36(17-13-34)42-24-25-43(54(42)38-20-22-39(61-5)23-21-38)37-18-14-35(15-19-37)29-47(56)45-11-9-27-53(45)51(60)41(33(3)4)31-49(58)63-7/h12-23,32-33,40-45H,8-11,24-31H2,1-7H3/t40-,41-,42+,43+,44-,45-/m0/s1. The van der Waals surface area contributed by atoms with Crippen molar-refractivity contribution in [3.05, 3.63) is 95.1 Å². The summed E-state index contributed by atoms with van der Waals surface area (Å²) in [6.45, 7) is 8.68. The third-order valence-corrected chi connectivity index (χ3v) is 13.5. The summed E-state index contributed by atoms with van der Waals surface area (Å²) in [5.74, 6) is -1.59. The number of carbonyl (C=O) groups is 6. The normalized spacial score (nSPS) is 20.8. The van der Waals surface area contributed by atoms with Crippen molar-refractivity contribution in [2.45, 2.75) is 116 Å². The van der Waals surface area contributed by atoms with Gasteiger partial charge >= 0.3 is 11.9 Å². The molecule has 6 atom stereocenters. The first kappa shape index (κ1) is 47.0. The van der Waals surface area contributed by atoms with E-state index in [9.17, 15) is 28.8 Å². The van der Waals surface area contributed by atoms with Crippen LogP contribution in [0.4, 0.5) is 5.69 Å². The number of likely N-dealkylation sites (tertiary alicyclic amines) is 2. The second-order valence-electron chi connectivity index (χ2n) is 18.1. The molecule has 12 heteroatoms. The lowest BCUT2D eigenvalue weighted by molar-refractivity contribution is -0.149. The van der Waals surface area contributed by atoms with E-state index in [1.54, 1.807) is 16.9 Å². The summed E-state index contributed by atoms with van der Waals surface area (Å²) in [6, 6.07) is 23.7. The number of benzene rings is 3. The minimum Gasteiger partial charge on any atom is -0.497 e. The molecule has 3 aliphatic rings. The lowest BCUT2D eigenvalue weighted by atomic mass is 9.90. The molecule has 0 radical (unpaired) electrons. The van der Waals surface area contributed by atoms with Gasteiger partial charge in [0.25, 0.3) is 0 Å². The van der Waals surface area contributed by atoms with Crippen molar-refractivity contribution in [3.8, 4) is 5.75 Å². The molecule has 0 spiro atoms. The lowest BCUT2D eigenvalue weighted by Gasteiger charge is -2.33. The number of ether oxygens (including phenoxy) is 3. The first-order chi connectivity index (χ1) is 30.2. The number of carbonyl (C=O) groups excluding carboxylic acids is 6. The topological polar surface area (TPSA) is 140 Å². The molecule has 12 nitrogen and oxygen atoms in total. The number of hydrogen-bond acceptors (Lipinski definition) is 10. The van der Waals surface area contributed by atoms with Crippen LogP contribution in [-0.4, -0.2) is 91.6 Å². The summed E-state index contributed by atoms with van der Waals surface area (Å²) in [6.07, 6.45) is 4.94. The number of esters is 2. The molecule has 3 heterocycles. The van der Waals surface area contributed by atoms with E-state index in [1.807, 2.05) is 64.1 Å². The van der Waals surface area contributed by atoms with Crippen molar-refractivity contribution in [2.75, 3.05) is 39.3 Å². The van der Waals surface area contributed by atoms with Gasteiger partial charge in [-0.2, -0.15) is 0 Å². The summed E-state index contributed by atoms with van der Waals surface area (Å²) >= 11 is 0. The van der Waals surface area contributed by atoms with Crippen molar-refractivity contribution >= 4 is 41.0 Å². The van der Waals surface area contributed by atoms with Crippen LogP contribution in [-0.2, 0) is 51.1 Å². The van der Waals surface area contributed by atoms with E-state index in [0.717, 1.165) is 59.4 Å². The smallest absolute Gasteiger partial charge is 0.306 e. The molecule has 3 saturated heterocycles. The Kier molecular flexibility index (Phi) is 15.8. The van der Waals surface area contributed by atoms with Crippen LogP contribution in [0.15, 0.2) is 72.8 Å². The molecular weight excluding hydrogens is 799 g/mol. The van der Waals surface area contributed by atoms with Gasteiger partial charge in [0.15, 0.2) is 11.6 Å². The quantitative estimate of drug-likeness (QED) is 0.117. The predicted octanol–water partition coefficient (Wildman–Crippen LogP) is 7.65. The van der Waals surface area contributed by atoms with E-state index in [4.69, 9.17) is 14.2 Å². The first-order valence-corrected chi connectivity index (χ1v) is 22.6. The van der Waals surface area contributed by atoms with Gasteiger partial charge in [0.1, 0.15) is 5.75 Å². The Morgan fingerprint density at radius 1 is 0.556 bits per heavy atom. The summed E-state index contributed by atoms with van der Waals surface area (Å²) in [5.41, 5.74) is 5.10. The minimum absolute atomic E-state index is 0.00103. The van der Waals surface area contributed by atoms with E-state index in [2.05, 4.69) is 41.3 Å². The SMILES string of the molecule is COC(=O)C[C@H](C(=O)N1CCC[C@H]1C(=O)Cc1ccc([C@H]2CC[C@H](c3ccc(CC(=O)[C@@H]4CCCN4C(=O)[C@@H](CC(=O)OC)C(C)C)cc3)N2c2ccc(OC)cc2)cc1)C(C)C. The van der Waals surface area contributed by atoms with Crippen LogP contribution in [0.5, 0.6) is 5.75 Å². The highest BCUT2D eigenvalue weighted by Gasteiger charge is 2.41. The Morgan fingerprint density at radius 3 is 1.30 bits per heavy atom. The molecule has 0 aromatic heterocycles. The summed E-state index contributed by atoms with van der Waals surface area (Å²) in [4.78, 5) is 84.8. The molecule has 3 fully saturated rings. The van der Waals surface area contributed by atoms with Crippen LogP contribution in [0, 0.1) is 23.7 Å². The van der Waals surface area contributed by atoms with Gasteiger partial charge < -0.3 is 28.9 Å². The molecule has 0 aliphatic carbocycles. The number of ketones is 2. The average Bonchev–Trinajstić information content (AvgIpc) is 4.08. The van der Waals surface area contributed by atoms with Crippen LogP contribution in [0.2, 0.25) is 0 Å². The summed E-state index contributed by atoms with van der Waals surface area (Å²) < 4.78 is 15.2. The number of anilines is 1. The highest BCUT2D eigenvalue weighted by Crippen LogP contribution is 2.47. The van der Waals surface area contributed by atoms with Gasteiger partial charge in [0.2, 0.25) is 11.8 Å². The fourth-order valence-electron chi connectivity index (χ4n) is 9.83. The Bertz CT molecular complexity index is 1960.